The van der Waals surface area contributed by atoms with Gasteiger partial charge in [-0.2, -0.15) is 0 Å². The van der Waals surface area contributed by atoms with Crippen LogP contribution in [0.3, 0.4) is 0 Å². The minimum atomic E-state index is -0.636. The standard InChI is InChI=1S/C20H27N3O3.C19H25N3O3.C18H26FN3O3.C18H27N3O3.C18H27N3O2S.C17H25N3O3/c1-2-3-10-26-19(25)23-15-4-5-16(23)12-17(11-15)22-8-6-20(7-9-22)13-18(24)21-14-20;1-2-9-25-18(24)22-14-3-4-15(22)11-16(10-14)21-7-5-19(6-8-21)12-17(23)20-13-19;19-5-8-25-17(24)22-13-1-2-14(22)10-15(9-13)21-6-3-18(4-7-21)11-16(23)20-12-18;2*1-2-24-17(23)21-13-3-4-14(21)10-15(9-13)20-7-5-18(6-8-20)11-16(22)19-12-18;1-23-16(22)20-12-2-3-13(20)9-14(8-12)19-6-4-17(5-7-19)10-15(21)18-11-17/h11,15-16H,4-10,12-14H2,1H3,(H,21,24);1,10,14-15H,3-9,11-13H2,(H,20,23);9,13-14H,1-8,10-12H2,(H,20,23);2*9,13-14H,2-8,10-12H2,1H3,(H,19,22);8,12-13H,2-7,9-11H2,1H3,(H,18,21). The highest BCUT2D eigenvalue weighted by atomic mass is 32.2. The van der Waals surface area contributed by atoms with E-state index in [0.717, 1.165) is 316 Å². The predicted octanol–water partition coefficient (Wildman–Crippen LogP) is 11.1. The largest absolute Gasteiger partial charge is 0.453 e. The zero-order valence-corrected chi connectivity index (χ0v) is 87.8. The molecule has 24 aliphatic rings. The van der Waals surface area contributed by atoms with Gasteiger partial charge in [0.1, 0.15) is 13.3 Å². The normalized spacial score (nSPS) is 30.7. The number of carbonyl (C=O) groups is 12. The van der Waals surface area contributed by atoms with Gasteiger partial charge in [0.25, 0.3) is 5.24 Å². The Morgan fingerprint density at radius 1 is 0.347 bits per heavy atom. The summed E-state index contributed by atoms with van der Waals surface area (Å²) < 4.78 is 37.8. The van der Waals surface area contributed by atoms with Gasteiger partial charge in [0.05, 0.1) is 50.0 Å². The first kappa shape index (κ1) is 105. The molecule has 12 bridgehead atoms. The number of fused-ring (bicyclic) bond motifs is 12. The van der Waals surface area contributed by atoms with Crippen LogP contribution in [0.5, 0.6) is 0 Å². The number of ether oxygens (including phenoxy) is 5. The highest BCUT2D eigenvalue weighted by molar-refractivity contribution is 8.13. The maximum atomic E-state index is 12.4. The third-order valence-corrected chi connectivity index (χ3v) is 38.6. The molecule has 0 aromatic carbocycles. The van der Waals surface area contributed by atoms with Crippen molar-refractivity contribution in [3.8, 4) is 24.2 Å². The van der Waals surface area contributed by atoms with Crippen molar-refractivity contribution >= 4 is 82.9 Å². The van der Waals surface area contributed by atoms with Crippen molar-refractivity contribution in [2.75, 3.05) is 164 Å². The number of rotatable bonds is 12. The number of nitrogens with zero attached hydrogens (tertiary/aromatic N) is 12. The van der Waals surface area contributed by atoms with E-state index in [-0.39, 0.29) is 178 Å². The van der Waals surface area contributed by atoms with E-state index in [9.17, 15) is 61.9 Å². The molecule has 12 amide bonds. The maximum Gasteiger partial charge on any atom is 0.411 e. The number of carbonyl (C=O) groups excluding carboxylic acids is 12. The Morgan fingerprint density at radius 2 is 0.578 bits per heavy atom. The smallest absolute Gasteiger partial charge is 0.411 e. The molecule has 18 saturated heterocycles. The van der Waals surface area contributed by atoms with Crippen molar-refractivity contribution in [1.29, 1.82) is 0 Å². The number of halogens is 1. The van der Waals surface area contributed by atoms with Crippen molar-refractivity contribution in [3.63, 3.8) is 0 Å². The second kappa shape index (κ2) is 45.2. The topological polar surface area (TPSA) is 362 Å². The Morgan fingerprint density at radius 3 is 0.782 bits per heavy atom. The molecule has 24 heterocycles. The molecule has 24 rings (SSSR count). The van der Waals surface area contributed by atoms with Gasteiger partial charge in [-0.3, -0.25) is 58.1 Å². The van der Waals surface area contributed by atoms with Gasteiger partial charge in [0.2, 0.25) is 35.4 Å². The molecule has 147 heavy (non-hydrogen) atoms. The summed E-state index contributed by atoms with van der Waals surface area (Å²) in [6.07, 6.45) is 52.6. The number of alkyl halides is 1. The molecule has 0 aliphatic carbocycles. The molecular formula is C110H157FN18O17S. The van der Waals surface area contributed by atoms with Crippen LogP contribution >= 0.6 is 11.8 Å². The summed E-state index contributed by atoms with van der Waals surface area (Å²) in [5.74, 6) is 9.97. The molecule has 0 aromatic heterocycles. The van der Waals surface area contributed by atoms with E-state index in [1.807, 2.05) is 33.4 Å². The lowest BCUT2D eigenvalue weighted by atomic mass is 9.77. The number of thioether (sulfide) groups is 1. The molecular weight excluding hydrogens is 1900 g/mol. The van der Waals surface area contributed by atoms with Gasteiger partial charge in [-0.05, 0) is 243 Å². The summed E-state index contributed by atoms with van der Waals surface area (Å²) in [5, 5.41) is 18.2. The third-order valence-electron chi connectivity index (χ3n) is 37.8. The number of nitrogens with one attached hydrogen (secondary N) is 6. The maximum absolute atomic E-state index is 12.4. The van der Waals surface area contributed by atoms with E-state index in [0.29, 0.717) is 63.3 Å². The zero-order valence-electron chi connectivity index (χ0n) is 87.0. The predicted molar refractivity (Wildman–Crippen MR) is 549 cm³/mol. The molecule has 6 spiro atoms. The molecule has 24 aliphatic heterocycles. The summed E-state index contributed by atoms with van der Waals surface area (Å²) in [5.41, 5.74) is 9.41. The summed E-state index contributed by atoms with van der Waals surface area (Å²) in [7, 11) is 1.46. The average molecular weight is 2050 g/mol. The first-order chi connectivity index (χ1) is 71.1. The van der Waals surface area contributed by atoms with Gasteiger partial charge in [-0.15, -0.1) is 12.3 Å². The van der Waals surface area contributed by atoms with Crippen LogP contribution in [0.1, 0.15) is 252 Å². The Bertz CT molecular complexity index is 5130. The van der Waals surface area contributed by atoms with Crippen LogP contribution in [-0.4, -0.2) is 366 Å². The average Bonchev–Trinajstić information content (AvgIpc) is 1.65. The van der Waals surface area contributed by atoms with E-state index in [4.69, 9.17) is 30.1 Å². The van der Waals surface area contributed by atoms with Gasteiger partial charge < -0.3 is 89.9 Å². The van der Waals surface area contributed by atoms with Gasteiger partial charge in [0, 0.05) is 265 Å². The van der Waals surface area contributed by atoms with Crippen LogP contribution in [0.25, 0.3) is 0 Å². The lowest BCUT2D eigenvalue weighted by Crippen LogP contribution is -2.47. The van der Waals surface area contributed by atoms with E-state index >= 15 is 0 Å². The van der Waals surface area contributed by atoms with Crippen molar-refractivity contribution in [2.24, 2.45) is 32.5 Å². The second-order valence-electron chi connectivity index (χ2n) is 46.5. The van der Waals surface area contributed by atoms with Gasteiger partial charge in [0.15, 0.2) is 13.2 Å². The molecule has 0 radical (unpaired) electrons. The first-order valence-electron chi connectivity index (χ1n) is 55.5. The summed E-state index contributed by atoms with van der Waals surface area (Å²) in [4.78, 5) is 169. The zero-order chi connectivity index (χ0) is 103. The number of hydrogen-bond acceptors (Lipinski definition) is 24. The quantitative estimate of drug-likeness (QED) is 0.0781. The Balaban J connectivity index is 0.000000111. The van der Waals surface area contributed by atoms with E-state index in [1.165, 1.54) is 53.1 Å². The Hall–Kier alpha value is -10.7. The fraction of sp³-hybridized carbons (Fsp3) is 0.745. The highest BCUT2D eigenvalue weighted by Gasteiger charge is 2.54. The number of methoxy groups -OCH3 is 1. The molecule has 37 heteroatoms. The van der Waals surface area contributed by atoms with Crippen LogP contribution in [0, 0.1) is 56.7 Å². The first-order valence-corrected chi connectivity index (χ1v) is 56.4. The van der Waals surface area contributed by atoms with Crippen molar-refractivity contribution < 1.29 is 85.6 Å². The number of hydrogen-bond donors (Lipinski definition) is 6. The summed E-state index contributed by atoms with van der Waals surface area (Å²) in [6, 6.07) is 2.66. The molecule has 6 N–H and O–H groups in total. The van der Waals surface area contributed by atoms with Crippen LogP contribution in [0.2, 0.25) is 0 Å². The van der Waals surface area contributed by atoms with Gasteiger partial charge in [-0.1, -0.05) is 30.5 Å². The van der Waals surface area contributed by atoms with E-state index < -0.39 is 6.67 Å². The van der Waals surface area contributed by atoms with E-state index in [2.05, 4.69) is 120 Å². The molecule has 802 valence electrons. The minimum Gasteiger partial charge on any atom is -0.453 e. The van der Waals surface area contributed by atoms with Gasteiger partial charge in [-0.25, -0.2) is 28.4 Å². The third kappa shape index (κ3) is 23.1. The fourth-order valence-corrected chi connectivity index (χ4v) is 30.0. The molecule has 0 aromatic rings. The van der Waals surface area contributed by atoms with Crippen molar-refractivity contribution in [1.82, 2.24) is 90.7 Å². The van der Waals surface area contributed by atoms with Crippen LogP contribution in [0.15, 0.2) is 70.6 Å². The van der Waals surface area contributed by atoms with Crippen molar-refractivity contribution in [2.45, 2.75) is 324 Å². The SMILES string of the molecule is C#CCOC(=O)N1C2C=C(N3CCC4(CC3)CNC(=O)C4)CC1CC2.CC#CCOC(=O)N1C2C=C(N3CCC4(CC3)CNC(=O)C4)CC1CC2.CCOC(=O)N1C2C=C(N3CCC4(CC3)CNC(=O)C4)CC1CC2.CCSC(=O)N1C2C=C(N3CCC4(CC3)CNC(=O)C4)CC1CC2.COC(=O)N1C2C=C(N3CCC4(CC3)CNC(=O)C4)CC1CC2.O=C1CC2(CCN(C3=CC4CCC(C3)N4C(=O)OCCF)CC2)CN1. The molecule has 0 saturated carbocycles. The molecule has 12 atom stereocenters. The lowest BCUT2D eigenvalue weighted by Gasteiger charge is -2.43. The van der Waals surface area contributed by atoms with Crippen LogP contribution in [0.4, 0.5) is 33.2 Å². The number of amides is 12. The Labute approximate surface area is 869 Å². The minimum absolute atomic E-state index is 0.0340. The monoisotopic (exact) mass is 2050 g/mol. The number of piperidine rings is 6. The van der Waals surface area contributed by atoms with E-state index in [1.54, 1.807) is 11.8 Å². The molecule has 18 fully saturated rings. The van der Waals surface area contributed by atoms with Crippen molar-refractivity contribution in [3.05, 3.63) is 70.6 Å². The second-order valence-corrected chi connectivity index (χ2v) is 47.7. The Kier molecular flexibility index (Phi) is 32.2. The fourth-order valence-electron chi connectivity index (χ4n) is 29.3. The van der Waals surface area contributed by atoms with Gasteiger partial charge >= 0.3 is 30.5 Å². The summed E-state index contributed by atoms with van der Waals surface area (Å²) in [6.45, 7) is 22.7. The van der Waals surface area contributed by atoms with Crippen LogP contribution < -0.4 is 31.9 Å². The number of terminal acetylenes is 1. The van der Waals surface area contributed by atoms with Crippen LogP contribution in [-0.2, 0) is 52.5 Å². The lowest BCUT2D eigenvalue weighted by molar-refractivity contribution is -0.120. The molecule has 35 nitrogen and oxygen atoms in total. The molecule has 12 unspecified atom stereocenters. The highest BCUT2D eigenvalue weighted by Crippen LogP contribution is 2.51. The number of likely N-dealkylation sites (tertiary alicyclic amines) is 6. The summed E-state index contributed by atoms with van der Waals surface area (Å²) >= 11 is 1.44.